The van der Waals surface area contributed by atoms with Crippen LogP contribution in [0.25, 0.3) is 10.2 Å². The van der Waals surface area contributed by atoms with Gasteiger partial charge in [0.2, 0.25) is 0 Å². The highest BCUT2D eigenvalue weighted by Crippen LogP contribution is 2.48. The maximum Gasteiger partial charge on any atom is 0.186 e. The van der Waals surface area contributed by atoms with E-state index in [2.05, 4.69) is 30.0 Å². The van der Waals surface area contributed by atoms with E-state index >= 15 is 0 Å². The second kappa shape index (κ2) is 3.93. The van der Waals surface area contributed by atoms with Gasteiger partial charge in [-0.2, -0.15) is 0 Å². The molecule has 3 nitrogen and oxygen atoms in total. The Bertz CT molecular complexity index is 588. The average molecular weight is 274 g/mol. The molecular weight excluding hydrogens is 256 g/mol. The summed E-state index contributed by atoms with van der Waals surface area (Å²) in [4.78, 5) is 6.98. The number of nitrogens with zero attached hydrogens (tertiary/aromatic N) is 2. The van der Waals surface area contributed by atoms with E-state index in [-0.39, 0.29) is 0 Å². The maximum atomic E-state index is 10.8. The Morgan fingerprint density at radius 3 is 2.89 bits per heavy atom. The number of para-hydroxylation sites is 1. The zero-order valence-corrected chi connectivity index (χ0v) is 11.9. The van der Waals surface area contributed by atoms with Gasteiger partial charge in [0, 0.05) is 19.0 Å². The van der Waals surface area contributed by atoms with E-state index in [9.17, 15) is 5.11 Å². The fraction of sp³-hybridized carbons (Fsp3) is 0.533. The lowest BCUT2D eigenvalue weighted by Crippen LogP contribution is -2.39. The predicted molar refractivity (Wildman–Crippen MR) is 78.7 cm³/mol. The third-order valence-electron chi connectivity index (χ3n) is 4.63. The minimum absolute atomic E-state index is 0.340. The Balaban J connectivity index is 1.66. The van der Waals surface area contributed by atoms with E-state index in [0.717, 1.165) is 23.7 Å². The summed E-state index contributed by atoms with van der Waals surface area (Å²) in [5.41, 5.74) is 0.578. The molecule has 0 spiro atoms. The molecule has 100 valence electrons. The number of fused-ring (bicyclic) bond motifs is 1. The van der Waals surface area contributed by atoms with Gasteiger partial charge in [0.1, 0.15) is 0 Å². The molecule has 4 heteroatoms. The first-order valence-electron chi connectivity index (χ1n) is 7.00. The summed E-state index contributed by atoms with van der Waals surface area (Å²) in [6.07, 6.45) is 2.38. The summed E-state index contributed by atoms with van der Waals surface area (Å²) in [6, 6.07) is 8.25. The Morgan fingerprint density at radius 2 is 2.16 bits per heavy atom. The Morgan fingerprint density at radius 1 is 1.37 bits per heavy atom. The molecule has 19 heavy (non-hydrogen) atoms. The molecule has 1 saturated heterocycles. The topological polar surface area (TPSA) is 36.4 Å². The highest BCUT2D eigenvalue weighted by Gasteiger charge is 2.52. The zero-order chi connectivity index (χ0) is 13.0. The van der Waals surface area contributed by atoms with Crippen LogP contribution < -0.4 is 4.90 Å². The number of hydrogen-bond donors (Lipinski definition) is 1. The van der Waals surface area contributed by atoms with Gasteiger partial charge in [0.05, 0.1) is 15.8 Å². The summed E-state index contributed by atoms with van der Waals surface area (Å²) in [7, 11) is 0. The first kappa shape index (κ1) is 11.7. The molecule has 0 unspecified atom stereocenters. The Labute approximate surface area is 116 Å². The van der Waals surface area contributed by atoms with Crippen LogP contribution in [0.2, 0.25) is 0 Å². The number of aliphatic hydroxyl groups is 1. The van der Waals surface area contributed by atoms with Crippen molar-refractivity contribution in [3.8, 4) is 0 Å². The van der Waals surface area contributed by atoms with E-state index in [1.807, 2.05) is 6.07 Å². The SMILES string of the molecule is C[C@@H]1CN(c2nc3ccccc3s2)C[C@@]1(O)C1CC1. The first-order chi connectivity index (χ1) is 9.17. The number of benzene rings is 1. The molecule has 1 aromatic carbocycles. The highest BCUT2D eigenvalue weighted by molar-refractivity contribution is 7.22. The quantitative estimate of drug-likeness (QED) is 0.915. The van der Waals surface area contributed by atoms with Gasteiger partial charge in [0.15, 0.2) is 5.13 Å². The van der Waals surface area contributed by atoms with Gasteiger partial charge >= 0.3 is 0 Å². The van der Waals surface area contributed by atoms with E-state index in [1.165, 1.54) is 17.5 Å². The lowest BCUT2D eigenvalue weighted by molar-refractivity contribution is 0.00283. The van der Waals surface area contributed by atoms with Crippen molar-refractivity contribution in [2.24, 2.45) is 11.8 Å². The molecule has 1 aliphatic heterocycles. The van der Waals surface area contributed by atoms with E-state index < -0.39 is 5.60 Å². The number of anilines is 1. The van der Waals surface area contributed by atoms with Crippen LogP contribution in [-0.4, -0.2) is 28.8 Å². The molecule has 1 aromatic heterocycles. The van der Waals surface area contributed by atoms with Crippen LogP contribution >= 0.6 is 11.3 Å². The van der Waals surface area contributed by atoms with Crippen molar-refractivity contribution in [1.82, 2.24) is 4.98 Å². The van der Waals surface area contributed by atoms with Crippen LogP contribution in [0.5, 0.6) is 0 Å². The van der Waals surface area contributed by atoms with E-state index in [4.69, 9.17) is 4.98 Å². The second-order valence-electron chi connectivity index (χ2n) is 6.01. The largest absolute Gasteiger partial charge is 0.387 e. The van der Waals surface area contributed by atoms with Crippen molar-refractivity contribution in [3.63, 3.8) is 0 Å². The van der Waals surface area contributed by atoms with Crippen LogP contribution in [0.4, 0.5) is 5.13 Å². The molecular formula is C15H18N2OS. The number of β-amino-alcohol motifs (C(OH)–C–C–N with tert-alkyl or cyclic N) is 1. The fourth-order valence-electron chi connectivity index (χ4n) is 3.27. The van der Waals surface area contributed by atoms with Crippen molar-refractivity contribution < 1.29 is 5.11 Å². The van der Waals surface area contributed by atoms with Crippen molar-refractivity contribution >= 4 is 26.7 Å². The number of rotatable bonds is 2. The maximum absolute atomic E-state index is 10.8. The smallest absolute Gasteiger partial charge is 0.186 e. The third kappa shape index (κ3) is 1.77. The number of thiazole rings is 1. The second-order valence-corrected chi connectivity index (χ2v) is 7.02. The molecule has 2 heterocycles. The zero-order valence-electron chi connectivity index (χ0n) is 11.0. The van der Waals surface area contributed by atoms with Gasteiger partial charge in [-0.15, -0.1) is 0 Å². The van der Waals surface area contributed by atoms with E-state index in [1.54, 1.807) is 11.3 Å². The molecule has 1 N–H and O–H groups in total. The minimum atomic E-state index is -0.488. The predicted octanol–water partition coefficient (Wildman–Crippen LogP) is 2.89. The molecule has 2 fully saturated rings. The highest BCUT2D eigenvalue weighted by atomic mass is 32.1. The standard InChI is InChI=1S/C15H18N2OS/c1-10-8-17(9-15(10,18)11-6-7-11)14-16-12-4-2-3-5-13(12)19-14/h2-5,10-11,18H,6-9H2,1H3/t10-,15+/m1/s1. The molecule has 4 rings (SSSR count). The molecule has 1 aliphatic carbocycles. The first-order valence-corrected chi connectivity index (χ1v) is 7.81. The van der Waals surface area contributed by atoms with Crippen LogP contribution in [0.1, 0.15) is 19.8 Å². The summed E-state index contributed by atoms with van der Waals surface area (Å²) >= 11 is 1.73. The van der Waals surface area contributed by atoms with Gasteiger partial charge in [0.25, 0.3) is 0 Å². The van der Waals surface area contributed by atoms with Crippen LogP contribution in [0, 0.1) is 11.8 Å². The van der Waals surface area contributed by atoms with Crippen molar-refractivity contribution in [1.29, 1.82) is 0 Å². The van der Waals surface area contributed by atoms with Crippen LogP contribution in [0.3, 0.4) is 0 Å². The van der Waals surface area contributed by atoms with Crippen molar-refractivity contribution in [2.45, 2.75) is 25.4 Å². The monoisotopic (exact) mass is 274 g/mol. The molecule has 1 saturated carbocycles. The molecule has 0 bridgehead atoms. The van der Waals surface area contributed by atoms with Crippen LogP contribution in [0.15, 0.2) is 24.3 Å². The molecule has 0 radical (unpaired) electrons. The van der Waals surface area contributed by atoms with Crippen LogP contribution in [-0.2, 0) is 0 Å². The summed E-state index contributed by atoms with van der Waals surface area (Å²) in [5.74, 6) is 0.855. The summed E-state index contributed by atoms with van der Waals surface area (Å²) in [6.45, 7) is 3.84. The Hall–Kier alpha value is -1.13. The lowest BCUT2D eigenvalue weighted by Gasteiger charge is -2.26. The molecule has 2 atom stereocenters. The van der Waals surface area contributed by atoms with E-state index in [0.29, 0.717) is 11.8 Å². The normalized spacial score (nSPS) is 31.3. The third-order valence-corrected chi connectivity index (χ3v) is 5.73. The van der Waals surface area contributed by atoms with Gasteiger partial charge in [-0.3, -0.25) is 0 Å². The molecule has 2 aliphatic rings. The van der Waals surface area contributed by atoms with Gasteiger partial charge in [-0.25, -0.2) is 4.98 Å². The van der Waals surface area contributed by atoms with Crippen molar-refractivity contribution in [2.75, 3.05) is 18.0 Å². The molecule has 0 amide bonds. The lowest BCUT2D eigenvalue weighted by atomic mass is 9.88. The fourth-order valence-corrected chi connectivity index (χ4v) is 4.24. The van der Waals surface area contributed by atoms with Gasteiger partial charge in [-0.05, 0) is 30.9 Å². The number of aromatic nitrogens is 1. The summed E-state index contributed by atoms with van der Waals surface area (Å²) in [5, 5.41) is 11.9. The van der Waals surface area contributed by atoms with Gasteiger partial charge < -0.3 is 10.0 Å². The minimum Gasteiger partial charge on any atom is -0.387 e. The number of hydrogen-bond acceptors (Lipinski definition) is 4. The summed E-state index contributed by atoms with van der Waals surface area (Å²) < 4.78 is 1.23. The van der Waals surface area contributed by atoms with Crippen molar-refractivity contribution in [3.05, 3.63) is 24.3 Å². The molecule has 2 aromatic rings. The Kier molecular flexibility index (Phi) is 2.42. The van der Waals surface area contributed by atoms with Gasteiger partial charge in [-0.1, -0.05) is 30.4 Å². The average Bonchev–Trinajstić information content (AvgIpc) is 3.10.